The van der Waals surface area contributed by atoms with E-state index in [0.717, 1.165) is 11.8 Å². The predicted octanol–water partition coefficient (Wildman–Crippen LogP) is 8.87. The Bertz CT molecular complexity index is 252. The van der Waals surface area contributed by atoms with Gasteiger partial charge in [0, 0.05) is 0 Å². The number of allylic oxidation sites excluding steroid dienone is 4. The number of rotatable bonds is 17. The second-order valence-electron chi connectivity index (χ2n) is 8.33. The van der Waals surface area contributed by atoms with E-state index in [1.54, 1.807) is 0 Å². The molecule has 0 aliphatic rings. The molecule has 0 fully saturated rings. The lowest BCUT2D eigenvalue weighted by Gasteiger charge is -2.03. The van der Waals surface area contributed by atoms with Gasteiger partial charge in [0.15, 0.2) is 0 Å². The van der Waals surface area contributed by atoms with Crippen LogP contribution >= 0.6 is 0 Å². The maximum absolute atomic E-state index is 2.34. The Morgan fingerprint density at radius 2 is 0.792 bits per heavy atom. The summed E-state index contributed by atoms with van der Waals surface area (Å²) in [6.07, 6.45) is 28.6. The highest BCUT2D eigenvalue weighted by molar-refractivity contribution is 5.02. The minimum atomic E-state index is 0.879. The molecule has 0 unspecified atom stereocenters. The smallest absolute Gasteiger partial charge is 0.0348 e. The van der Waals surface area contributed by atoms with Crippen molar-refractivity contribution in [2.24, 2.45) is 11.8 Å². The summed E-state index contributed by atoms with van der Waals surface area (Å²) in [4.78, 5) is 0. The molecule has 0 spiro atoms. The predicted molar refractivity (Wildman–Crippen MR) is 113 cm³/mol. The fraction of sp³-hybridized carbons (Fsp3) is 0.833. The van der Waals surface area contributed by atoms with Crippen LogP contribution in [0.15, 0.2) is 24.3 Å². The molecule has 0 atom stereocenters. The van der Waals surface area contributed by atoms with Crippen molar-refractivity contribution in [2.75, 3.05) is 0 Å². The van der Waals surface area contributed by atoms with Crippen molar-refractivity contribution in [3.05, 3.63) is 24.3 Å². The highest BCUT2D eigenvalue weighted by Gasteiger charge is 1.95. The molecule has 0 radical (unpaired) electrons. The third-order valence-electron chi connectivity index (χ3n) is 4.69. The van der Waals surface area contributed by atoms with E-state index in [2.05, 4.69) is 52.0 Å². The normalized spacial score (nSPS) is 12.4. The number of hydrogen-bond donors (Lipinski definition) is 0. The van der Waals surface area contributed by atoms with Crippen molar-refractivity contribution in [3.8, 4) is 0 Å². The first-order valence-electron chi connectivity index (χ1n) is 10.9. The Morgan fingerprint density at radius 1 is 0.458 bits per heavy atom. The van der Waals surface area contributed by atoms with Crippen LogP contribution in [0.5, 0.6) is 0 Å². The van der Waals surface area contributed by atoms with Crippen LogP contribution in [-0.4, -0.2) is 0 Å². The molecule has 0 N–H and O–H groups in total. The molecule has 0 saturated heterocycles. The molecule has 0 heterocycles. The van der Waals surface area contributed by atoms with Gasteiger partial charge in [0.05, 0.1) is 0 Å². The Kier molecular flexibility index (Phi) is 18.4. The molecule has 0 aromatic rings. The second-order valence-corrected chi connectivity index (χ2v) is 8.33. The summed E-state index contributed by atoms with van der Waals surface area (Å²) >= 11 is 0. The fourth-order valence-electron chi connectivity index (χ4n) is 3.04. The van der Waals surface area contributed by atoms with Crippen LogP contribution in [-0.2, 0) is 0 Å². The van der Waals surface area contributed by atoms with E-state index in [9.17, 15) is 0 Å². The van der Waals surface area contributed by atoms with Crippen LogP contribution in [0.4, 0.5) is 0 Å². The Hall–Kier alpha value is -0.520. The first-order valence-corrected chi connectivity index (χ1v) is 10.9. The quantitative estimate of drug-likeness (QED) is 0.184. The molecule has 0 aliphatic heterocycles. The molecule has 0 bridgehead atoms. The molecule has 0 aliphatic carbocycles. The van der Waals surface area contributed by atoms with Crippen LogP contribution in [0.25, 0.3) is 0 Å². The van der Waals surface area contributed by atoms with Crippen LogP contribution in [0.2, 0.25) is 0 Å². The zero-order valence-corrected chi connectivity index (χ0v) is 17.4. The first kappa shape index (κ1) is 23.5. The minimum absolute atomic E-state index is 0.879. The van der Waals surface area contributed by atoms with E-state index in [1.807, 2.05) is 0 Å². The SMILES string of the molecule is CC(C)CCCCCCCC=CC=CCCCCCCCC(C)C. The van der Waals surface area contributed by atoms with Gasteiger partial charge in [-0.15, -0.1) is 0 Å². The zero-order valence-electron chi connectivity index (χ0n) is 17.4. The lowest BCUT2D eigenvalue weighted by Crippen LogP contribution is -1.87. The molecule has 0 saturated carbocycles. The Morgan fingerprint density at radius 3 is 1.17 bits per heavy atom. The maximum Gasteiger partial charge on any atom is -0.0348 e. The lowest BCUT2D eigenvalue weighted by molar-refractivity contribution is 0.516. The Labute approximate surface area is 154 Å². The van der Waals surface area contributed by atoms with E-state index in [0.29, 0.717) is 0 Å². The van der Waals surface area contributed by atoms with Gasteiger partial charge >= 0.3 is 0 Å². The summed E-state index contributed by atoms with van der Waals surface area (Å²) in [5.74, 6) is 1.76. The van der Waals surface area contributed by atoms with Gasteiger partial charge in [-0.3, -0.25) is 0 Å². The van der Waals surface area contributed by atoms with Gasteiger partial charge in [0.2, 0.25) is 0 Å². The van der Waals surface area contributed by atoms with E-state index < -0.39 is 0 Å². The first-order chi connectivity index (χ1) is 11.6. The van der Waals surface area contributed by atoms with Crippen molar-refractivity contribution in [2.45, 2.75) is 118 Å². The standard InChI is InChI=1S/C24H46/c1-23(2)21-19-17-15-13-11-9-7-5-6-8-10-12-14-16-18-20-22-24(3)4/h5-8,23-24H,9-22H2,1-4H3. The molecule has 0 nitrogen and oxygen atoms in total. The summed E-state index contributed by atoms with van der Waals surface area (Å²) in [5, 5.41) is 0. The summed E-state index contributed by atoms with van der Waals surface area (Å²) in [6.45, 7) is 9.30. The van der Waals surface area contributed by atoms with E-state index in [1.165, 1.54) is 89.9 Å². The number of hydrogen-bond acceptors (Lipinski definition) is 0. The highest BCUT2D eigenvalue weighted by atomic mass is 14.0. The summed E-state index contributed by atoms with van der Waals surface area (Å²) in [6, 6.07) is 0. The van der Waals surface area contributed by atoms with Crippen molar-refractivity contribution in [3.63, 3.8) is 0 Å². The minimum Gasteiger partial charge on any atom is -0.0845 e. The third kappa shape index (κ3) is 21.5. The van der Waals surface area contributed by atoms with Crippen LogP contribution < -0.4 is 0 Å². The highest BCUT2D eigenvalue weighted by Crippen LogP contribution is 2.12. The van der Waals surface area contributed by atoms with Gasteiger partial charge in [0.25, 0.3) is 0 Å². The van der Waals surface area contributed by atoms with Crippen LogP contribution in [0.3, 0.4) is 0 Å². The summed E-state index contributed by atoms with van der Waals surface area (Å²) in [7, 11) is 0. The lowest BCUT2D eigenvalue weighted by atomic mass is 10.0. The second kappa shape index (κ2) is 18.8. The Balaban J connectivity index is 3.20. The number of unbranched alkanes of at least 4 members (excludes halogenated alkanes) is 10. The van der Waals surface area contributed by atoms with Gasteiger partial charge < -0.3 is 0 Å². The molecule has 0 rings (SSSR count). The van der Waals surface area contributed by atoms with Crippen molar-refractivity contribution in [1.82, 2.24) is 0 Å². The maximum atomic E-state index is 2.34. The third-order valence-corrected chi connectivity index (χ3v) is 4.69. The summed E-state index contributed by atoms with van der Waals surface area (Å²) in [5.41, 5.74) is 0. The van der Waals surface area contributed by atoms with E-state index in [4.69, 9.17) is 0 Å². The van der Waals surface area contributed by atoms with Gasteiger partial charge in [-0.05, 0) is 37.5 Å². The zero-order chi connectivity index (χ0) is 17.9. The molecule has 142 valence electrons. The molecular formula is C24H46. The van der Waals surface area contributed by atoms with Gasteiger partial charge in [0.1, 0.15) is 0 Å². The fourth-order valence-corrected chi connectivity index (χ4v) is 3.04. The monoisotopic (exact) mass is 334 g/mol. The van der Waals surface area contributed by atoms with E-state index >= 15 is 0 Å². The van der Waals surface area contributed by atoms with Gasteiger partial charge in [-0.2, -0.15) is 0 Å². The molecular weight excluding hydrogens is 288 g/mol. The summed E-state index contributed by atoms with van der Waals surface area (Å²) < 4.78 is 0. The van der Waals surface area contributed by atoms with Crippen LogP contribution in [0, 0.1) is 11.8 Å². The van der Waals surface area contributed by atoms with Crippen molar-refractivity contribution >= 4 is 0 Å². The van der Waals surface area contributed by atoms with Gasteiger partial charge in [-0.1, -0.05) is 116 Å². The topological polar surface area (TPSA) is 0 Å². The van der Waals surface area contributed by atoms with Gasteiger partial charge in [-0.25, -0.2) is 0 Å². The molecule has 0 aromatic heterocycles. The van der Waals surface area contributed by atoms with E-state index in [-0.39, 0.29) is 0 Å². The molecule has 0 heteroatoms. The molecule has 0 aromatic carbocycles. The molecule has 24 heavy (non-hydrogen) atoms. The molecule has 0 amide bonds. The van der Waals surface area contributed by atoms with Crippen LogP contribution in [0.1, 0.15) is 118 Å². The van der Waals surface area contributed by atoms with Crippen molar-refractivity contribution in [1.29, 1.82) is 0 Å². The average Bonchev–Trinajstić information content (AvgIpc) is 2.53. The average molecular weight is 335 g/mol. The largest absolute Gasteiger partial charge is 0.0845 e. The van der Waals surface area contributed by atoms with Crippen molar-refractivity contribution < 1.29 is 0 Å².